The van der Waals surface area contributed by atoms with E-state index < -0.39 is 0 Å². The first kappa shape index (κ1) is 28.1. The molecule has 1 aromatic heterocycles. The van der Waals surface area contributed by atoms with Crippen LogP contribution in [0, 0.1) is 13.8 Å². The summed E-state index contributed by atoms with van der Waals surface area (Å²) < 4.78 is 2.37. The van der Waals surface area contributed by atoms with E-state index in [1.165, 1.54) is 49.7 Å². The van der Waals surface area contributed by atoms with Gasteiger partial charge in [-0.3, -0.25) is 0 Å². The van der Waals surface area contributed by atoms with Crippen LogP contribution in [0.5, 0.6) is 0 Å². The van der Waals surface area contributed by atoms with Gasteiger partial charge in [-0.15, -0.1) is 41.1 Å². The molecular weight excluding hydrogens is 516 g/mol. The molecule has 6 rings (SSSR count). The zero-order valence-corrected chi connectivity index (χ0v) is 22.3. The molecule has 0 saturated carbocycles. The Hall–Kier alpha value is -3.10. The minimum atomic E-state index is 0. The molecule has 0 spiro atoms. The number of halogens is 2. The second kappa shape index (κ2) is 12.6. The molecular formula is C31H27F2NZr. The van der Waals surface area contributed by atoms with E-state index in [2.05, 4.69) is 134 Å². The minimum Gasteiger partial charge on any atom is -1.00 e. The van der Waals surface area contributed by atoms with E-state index in [1.54, 1.807) is 0 Å². The van der Waals surface area contributed by atoms with Crippen molar-refractivity contribution in [2.75, 3.05) is 0 Å². The summed E-state index contributed by atoms with van der Waals surface area (Å²) in [5.41, 5.74) is 8.00. The molecule has 0 aliphatic heterocycles. The molecule has 5 aromatic carbocycles. The van der Waals surface area contributed by atoms with Crippen molar-refractivity contribution in [2.45, 2.75) is 20.3 Å². The minimum absolute atomic E-state index is 0. The molecule has 1 nitrogen and oxygen atoms in total. The van der Waals surface area contributed by atoms with E-state index in [4.69, 9.17) is 0 Å². The zero-order chi connectivity index (χ0) is 21.9. The largest absolute Gasteiger partial charge is 4.00 e. The van der Waals surface area contributed by atoms with Crippen LogP contribution in [0.15, 0.2) is 115 Å². The molecule has 174 valence electrons. The molecule has 4 heteroatoms. The van der Waals surface area contributed by atoms with E-state index in [0.717, 1.165) is 6.42 Å². The maximum Gasteiger partial charge on any atom is 4.00 e. The van der Waals surface area contributed by atoms with Gasteiger partial charge in [0.1, 0.15) is 0 Å². The van der Waals surface area contributed by atoms with Crippen molar-refractivity contribution in [1.82, 2.24) is 4.57 Å². The predicted molar refractivity (Wildman–Crippen MR) is 137 cm³/mol. The summed E-state index contributed by atoms with van der Waals surface area (Å²) in [5, 5.41) is 3.95. The maximum atomic E-state index is 2.37. The number of hydrogen-bond donors (Lipinski definition) is 0. The SMILES string of the molecule is Cc1c(C)n(-c2cc3ccccc3[cH-]2)c2ccccc12.[F-].[F-].[Zr+4].c1ccc(C[c-]2cccc2)cc1. The molecule has 6 aromatic rings. The number of fused-ring (bicyclic) bond motifs is 2. The van der Waals surface area contributed by atoms with Crippen LogP contribution < -0.4 is 9.41 Å². The van der Waals surface area contributed by atoms with Crippen LogP contribution in [0.3, 0.4) is 0 Å². The topological polar surface area (TPSA) is 4.93 Å². The Kier molecular flexibility index (Phi) is 10.1. The van der Waals surface area contributed by atoms with E-state index in [1.807, 2.05) is 0 Å². The first-order valence-corrected chi connectivity index (χ1v) is 11.2. The maximum absolute atomic E-state index is 2.37. The van der Waals surface area contributed by atoms with Gasteiger partial charge in [-0.25, -0.2) is 12.1 Å². The van der Waals surface area contributed by atoms with Crippen molar-refractivity contribution >= 4 is 21.7 Å². The third kappa shape index (κ3) is 5.94. The Morgan fingerprint density at radius 2 is 1.37 bits per heavy atom. The van der Waals surface area contributed by atoms with Crippen LogP contribution in [0.25, 0.3) is 27.4 Å². The molecule has 35 heavy (non-hydrogen) atoms. The van der Waals surface area contributed by atoms with Gasteiger partial charge in [-0.1, -0.05) is 60.2 Å². The van der Waals surface area contributed by atoms with Crippen LogP contribution in [0.4, 0.5) is 0 Å². The second-order valence-electron chi connectivity index (χ2n) is 8.36. The number of hydrogen-bond acceptors (Lipinski definition) is 0. The fourth-order valence-electron chi connectivity index (χ4n) is 4.49. The van der Waals surface area contributed by atoms with Crippen molar-refractivity contribution in [3.8, 4) is 5.69 Å². The van der Waals surface area contributed by atoms with Gasteiger partial charge < -0.3 is 14.0 Å². The zero-order valence-electron chi connectivity index (χ0n) is 19.9. The molecule has 0 aliphatic rings. The van der Waals surface area contributed by atoms with Gasteiger partial charge in [0.2, 0.25) is 0 Å². The number of para-hydroxylation sites is 1. The predicted octanol–water partition coefficient (Wildman–Crippen LogP) is 2.12. The third-order valence-corrected chi connectivity index (χ3v) is 6.27. The van der Waals surface area contributed by atoms with Gasteiger partial charge >= 0.3 is 26.2 Å². The molecule has 1 heterocycles. The van der Waals surface area contributed by atoms with Gasteiger partial charge in [0.25, 0.3) is 0 Å². The summed E-state index contributed by atoms with van der Waals surface area (Å²) in [7, 11) is 0. The van der Waals surface area contributed by atoms with Crippen molar-refractivity contribution in [3.05, 3.63) is 138 Å². The first-order chi connectivity index (χ1) is 15.7. The van der Waals surface area contributed by atoms with Crippen LogP contribution in [0.1, 0.15) is 22.4 Å². The smallest absolute Gasteiger partial charge is 1.00 e. The normalized spacial score (nSPS) is 10.0. The molecule has 0 amide bonds. The average molecular weight is 543 g/mol. The molecule has 0 radical (unpaired) electrons. The van der Waals surface area contributed by atoms with Gasteiger partial charge in [-0.05, 0) is 37.6 Å². The fraction of sp³-hybridized carbons (Fsp3) is 0.0968. The van der Waals surface area contributed by atoms with E-state index >= 15 is 0 Å². The van der Waals surface area contributed by atoms with Crippen LogP contribution in [-0.2, 0) is 32.6 Å². The number of aromatic nitrogens is 1. The van der Waals surface area contributed by atoms with E-state index in [9.17, 15) is 0 Å². The summed E-state index contributed by atoms with van der Waals surface area (Å²) >= 11 is 0. The van der Waals surface area contributed by atoms with Crippen molar-refractivity contribution in [2.24, 2.45) is 0 Å². The molecule has 0 atom stereocenters. The standard InChI is InChI=1S/C19H16N.C12H11.2FH.Zr/c1-13-14(2)20(19-10-6-5-9-18(13)19)17-11-15-7-3-4-8-16(15)12-17;1-2-6-11(7-3-1)10-12-8-4-5-9-12;;;/h3-12H,1-2H3;1-9H,10H2;2*1H;/q2*-1;;;+4/p-2. The van der Waals surface area contributed by atoms with Crippen LogP contribution in [0.2, 0.25) is 0 Å². The number of nitrogens with zero attached hydrogens (tertiary/aromatic N) is 1. The average Bonchev–Trinajstić information content (AvgIpc) is 3.54. The quantitative estimate of drug-likeness (QED) is 0.302. The Bertz CT molecular complexity index is 1430. The summed E-state index contributed by atoms with van der Waals surface area (Å²) in [6.07, 6.45) is 1.05. The fourth-order valence-corrected chi connectivity index (χ4v) is 4.49. The summed E-state index contributed by atoms with van der Waals surface area (Å²) in [4.78, 5) is 0. The van der Waals surface area contributed by atoms with Gasteiger partial charge in [0, 0.05) is 11.1 Å². The van der Waals surface area contributed by atoms with Crippen LogP contribution in [-0.4, -0.2) is 4.57 Å². The van der Waals surface area contributed by atoms with E-state index in [-0.39, 0.29) is 35.6 Å². The number of rotatable bonds is 3. The summed E-state index contributed by atoms with van der Waals surface area (Å²) in [5.74, 6) is 0. The van der Waals surface area contributed by atoms with Crippen LogP contribution >= 0.6 is 0 Å². The Labute approximate surface area is 224 Å². The van der Waals surface area contributed by atoms with Gasteiger partial charge in [0.05, 0.1) is 5.52 Å². The molecule has 0 N–H and O–H groups in total. The molecule has 0 bridgehead atoms. The van der Waals surface area contributed by atoms with Crippen molar-refractivity contribution in [1.29, 1.82) is 0 Å². The van der Waals surface area contributed by atoms with E-state index in [0.29, 0.717) is 0 Å². The first-order valence-electron chi connectivity index (χ1n) is 11.2. The Morgan fingerprint density at radius 3 is 2.09 bits per heavy atom. The monoisotopic (exact) mass is 541 g/mol. The molecule has 0 fully saturated rings. The number of benzene rings is 3. The number of aryl methyl sites for hydroxylation is 1. The van der Waals surface area contributed by atoms with Gasteiger partial charge in [-0.2, -0.15) is 17.7 Å². The molecule has 0 unspecified atom stereocenters. The second-order valence-corrected chi connectivity index (χ2v) is 8.36. The summed E-state index contributed by atoms with van der Waals surface area (Å²) in [6, 6.07) is 40.7. The third-order valence-electron chi connectivity index (χ3n) is 6.27. The summed E-state index contributed by atoms with van der Waals surface area (Å²) in [6.45, 7) is 4.41. The Balaban J connectivity index is 0.000000252. The van der Waals surface area contributed by atoms with Crippen molar-refractivity contribution in [3.63, 3.8) is 0 Å². The molecule has 0 saturated heterocycles. The molecule has 0 aliphatic carbocycles. The van der Waals surface area contributed by atoms with Gasteiger partial charge in [0.15, 0.2) is 0 Å². The van der Waals surface area contributed by atoms with Crippen molar-refractivity contribution < 1.29 is 35.6 Å². The Morgan fingerprint density at radius 1 is 0.743 bits per heavy atom.